The van der Waals surface area contributed by atoms with Crippen LogP contribution in [0.5, 0.6) is 0 Å². The van der Waals surface area contributed by atoms with Gasteiger partial charge >= 0.3 is 0 Å². The summed E-state index contributed by atoms with van der Waals surface area (Å²) in [6.07, 6.45) is 11.2. The lowest BCUT2D eigenvalue weighted by molar-refractivity contribution is 0.572. The molecule has 0 bridgehead atoms. The van der Waals surface area contributed by atoms with Gasteiger partial charge in [0.25, 0.3) is 0 Å². The van der Waals surface area contributed by atoms with Gasteiger partial charge in [0, 0.05) is 0 Å². The molecule has 0 aliphatic heterocycles. The third kappa shape index (κ3) is 7.34. The van der Waals surface area contributed by atoms with Crippen LogP contribution in [0, 0.1) is 11.6 Å². The Kier molecular flexibility index (Phi) is 9.53. The maximum Gasteiger partial charge on any atom is 0.135 e. The van der Waals surface area contributed by atoms with Crippen molar-refractivity contribution in [3.05, 3.63) is 70.3 Å². The van der Waals surface area contributed by atoms with Crippen LogP contribution in [0.15, 0.2) is 46.6 Å². The minimum atomic E-state index is -0.591. The van der Waals surface area contributed by atoms with Crippen molar-refractivity contribution < 1.29 is 8.78 Å². The number of rotatable bonds is 11. The average Bonchev–Trinajstić information content (AvgIpc) is 2.68. The van der Waals surface area contributed by atoms with Crippen molar-refractivity contribution in [1.82, 2.24) is 0 Å². The van der Waals surface area contributed by atoms with E-state index in [4.69, 9.17) is 0 Å². The molecule has 28 heavy (non-hydrogen) atoms. The number of benzene rings is 2. The summed E-state index contributed by atoms with van der Waals surface area (Å²) in [5, 5.41) is 7.71. The summed E-state index contributed by atoms with van der Waals surface area (Å²) < 4.78 is 28.4. The third-order valence-electron chi connectivity index (χ3n) is 4.69. The molecule has 2 aromatic carbocycles. The van der Waals surface area contributed by atoms with Crippen molar-refractivity contribution in [3.8, 4) is 0 Å². The second-order valence-electron chi connectivity index (χ2n) is 7.12. The number of unbranched alkanes of at least 4 members (excludes halogenated alkanes) is 4. The van der Waals surface area contributed by atoms with Gasteiger partial charge in [-0.2, -0.15) is 10.2 Å². The van der Waals surface area contributed by atoms with Crippen LogP contribution in [0.2, 0.25) is 0 Å². The van der Waals surface area contributed by atoms with Crippen LogP contribution in [0.3, 0.4) is 0 Å². The fraction of sp³-hybridized carbons (Fsp3) is 0.417. The van der Waals surface area contributed by atoms with E-state index in [1.807, 2.05) is 12.1 Å². The zero-order chi connectivity index (χ0) is 20.2. The van der Waals surface area contributed by atoms with Gasteiger partial charge in [-0.15, -0.1) is 0 Å². The predicted molar refractivity (Wildman–Crippen MR) is 114 cm³/mol. The van der Waals surface area contributed by atoms with Gasteiger partial charge in [-0.25, -0.2) is 8.78 Å². The molecular weight excluding hydrogens is 354 g/mol. The molecule has 0 unspecified atom stereocenters. The van der Waals surface area contributed by atoms with Crippen molar-refractivity contribution in [1.29, 1.82) is 0 Å². The van der Waals surface area contributed by atoms with E-state index in [0.717, 1.165) is 37.5 Å². The Hall–Kier alpha value is -2.36. The predicted octanol–water partition coefficient (Wildman–Crippen LogP) is 6.88. The van der Waals surface area contributed by atoms with Crippen molar-refractivity contribution in [3.63, 3.8) is 0 Å². The lowest BCUT2D eigenvalue weighted by Crippen LogP contribution is -1.98. The van der Waals surface area contributed by atoms with E-state index in [1.165, 1.54) is 37.0 Å². The third-order valence-corrected chi connectivity index (χ3v) is 4.69. The maximum absolute atomic E-state index is 14.2. The molecule has 0 heterocycles. The van der Waals surface area contributed by atoms with E-state index < -0.39 is 11.6 Å². The van der Waals surface area contributed by atoms with Gasteiger partial charge in [0.05, 0.1) is 18.0 Å². The van der Waals surface area contributed by atoms with Crippen LogP contribution < -0.4 is 0 Å². The van der Waals surface area contributed by atoms with Crippen molar-refractivity contribution in [2.45, 2.75) is 65.2 Å². The Morgan fingerprint density at radius 1 is 0.714 bits per heavy atom. The summed E-state index contributed by atoms with van der Waals surface area (Å²) in [5.41, 5.74) is 2.72. The quantitative estimate of drug-likeness (QED) is 0.229. The molecule has 0 saturated carbocycles. The molecule has 0 radical (unpaired) electrons. The second kappa shape index (κ2) is 12.2. The molecule has 0 N–H and O–H groups in total. The zero-order valence-corrected chi connectivity index (χ0v) is 16.9. The van der Waals surface area contributed by atoms with Gasteiger partial charge in [0.1, 0.15) is 11.6 Å². The average molecular weight is 385 g/mol. The van der Waals surface area contributed by atoms with Crippen LogP contribution in [-0.4, -0.2) is 12.4 Å². The van der Waals surface area contributed by atoms with E-state index in [1.54, 1.807) is 6.21 Å². The zero-order valence-electron chi connectivity index (χ0n) is 16.9. The van der Waals surface area contributed by atoms with Gasteiger partial charge in [0.2, 0.25) is 0 Å². The molecule has 0 aromatic heterocycles. The number of nitrogens with zero attached hydrogens (tertiary/aromatic N) is 2. The standard InChI is InChI=1S/C24H30F2N2/c1-3-5-6-7-8-10-21-15-23(25)22(24(26)16-21)18-28-27-17-20-13-11-19(9-4-2)12-14-20/h11-18H,3-10H2,1-2H3. The van der Waals surface area contributed by atoms with Gasteiger partial charge in [-0.05, 0) is 48.1 Å². The molecule has 0 aliphatic rings. The largest absolute Gasteiger partial charge is 0.206 e. The first-order valence-corrected chi connectivity index (χ1v) is 10.3. The summed E-state index contributed by atoms with van der Waals surface area (Å²) in [4.78, 5) is 0. The number of halogens is 2. The fourth-order valence-electron chi connectivity index (χ4n) is 3.09. The van der Waals surface area contributed by atoms with Gasteiger partial charge in [-0.1, -0.05) is 70.2 Å². The smallest absolute Gasteiger partial charge is 0.135 e. The van der Waals surface area contributed by atoms with Crippen LogP contribution >= 0.6 is 0 Å². The normalized spacial score (nSPS) is 11.7. The minimum absolute atomic E-state index is 0.148. The molecule has 2 rings (SSSR count). The highest BCUT2D eigenvalue weighted by atomic mass is 19.1. The summed E-state index contributed by atoms with van der Waals surface area (Å²) in [5.74, 6) is -1.18. The lowest BCUT2D eigenvalue weighted by Gasteiger charge is -2.05. The summed E-state index contributed by atoms with van der Waals surface area (Å²) in [6.45, 7) is 4.31. The molecule has 0 amide bonds. The monoisotopic (exact) mass is 384 g/mol. The fourth-order valence-corrected chi connectivity index (χ4v) is 3.09. The maximum atomic E-state index is 14.2. The van der Waals surface area contributed by atoms with Crippen molar-refractivity contribution in [2.75, 3.05) is 0 Å². The summed E-state index contributed by atoms with van der Waals surface area (Å²) in [6, 6.07) is 10.8. The highest BCUT2D eigenvalue weighted by molar-refractivity contribution is 5.83. The molecular formula is C24H30F2N2. The van der Waals surface area contributed by atoms with Gasteiger partial charge in [-0.3, -0.25) is 0 Å². The summed E-state index contributed by atoms with van der Waals surface area (Å²) >= 11 is 0. The number of aryl methyl sites for hydroxylation is 2. The van der Waals surface area contributed by atoms with E-state index in [-0.39, 0.29) is 5.56 Å². The molecule has 0 spiro atoms. The van der Waals surface area contributed by atoms with Crippen LogP contribution in [0.4, 0.5) is 8.78 Å². The molecule has 150 valence electrons. The van der Waals surface area contributed by atoms with Crippen LogP contribution in [0.25, 0.3) is 0 Å². The number of hydrogen-bond donors (Lipinski definition) is 0. The Bertz CT molecular complexity index is 757. The van der Waals surface area contributed by atoms with Gasteiger partial charge < -0.3 is 0 Å². The van der Waals surface area contributed by atoms with Crippen molar-refractivity contribution >= 4 is 12.4 Å². The Balaban J connectivity index is 1.93. The summed E-state index contributed by atoms with van der Waals surface area (Å²) in [7, 11) is 0. The molecule has 2 aromatic rings. The molecule has 0 fully saturated rings. The Morgan fingerprint density at radius 3 is 2.00 bits per heavy atom. The van der Waals surface area contributed by atoms with E-state index in [2.05, 4.69) is 36.2 Å². The second-order valence-corrected chi connectivity index (χ2v) is 7.12. The van der Waals surface area contributed by atoms with Crippen LogP contribution in [0.1, 0.15) is 74.6 Å². The first-order chi connectivity index (χ1) is 13.6. The first-order valence-electron chi connectivity index (χ1n) is 10.3. The SMILES string of the molecule is CCCCCCCc1cc(F)c(C=NN=Cc2ccc(CCC)cc2)c(F)c1. The molecule has 4 heteroatoms. The topological polar surface area (TPSA) is 24.7 Å². The molecule has 2 nitrogen and oxygen atoms in total. The Labute approximate surface area is 167 Å². The van der Waals surface area contributed by atoms with Crippen molar-refractivity contribution in [2.24, 2.45) is 10.2 Å². The lowest BCUT2D eigenvalue weighted by atomic mass is 10.0. The highest BCUT2D eigenvalue weighted by Crippen LogP contribution is 2.16. The molecule has 0 saturated heterocycles. The molecule has 0 atom stereocenters. The van der Waals surface area contributed by atoms with Crippen LogP contribution in [-0.2, 0) is 12.8 Å². The van der Waals surface area contributed by atoms with E-state index in [9.17, 15) is 8.78 Å². The van der Waals surface area contributed by atoms with E-state index in [0.29, 0.717) is 12.0 Å². The molecule has 0 aliphatic carbocycles. The minimum Gasteiger partial charge on any atom is -0.206 e. The first kappa shape index (κ1) is 21.9. The van der Waals surface area contributed by atoms with E-state index >= 15 is 0 Å². The number of hydrogen-bond acceptors (Lipinski definition) is 2. The van der Waals surface area contributed by atoms with Gasteiger partial charge in [0.15, 0.2) is 0 Å². The highest BCUT2D eigenvalue weighted by Gasteiger charge is 2.09. The Morgan fingerprint density at radius 2 is 1.36 bits per heavy atom.